The van der Waals surface area contributed by atoms with Crippen LogP contribution in [0.5, 0.6) is 0 Å². The number of anilines is 1. The summed E-state index contributed by atoms with van der Waals surface area (Å²) in [5.74, 6) is -2.97. The quantitative estimate of drug-likeness (QED) is 0.894. The molecule has 1 aliphatic heterocycles. The van der Waals surface area contributed by atoms with Crippen molar-refractivity contribution in [1.29, 1.82) is 0 Å². The molecule has 0 amide bonds. The van der Waals surface area contributed by atoms with Gasteiger partial charge in [-0.05, 0) is 25.0 Å². The molecule has 0 saturated carbocycles. The number of hydrogen-bond acceptors (Lipinski definition) is 3. The van der Waals surface area contributed by atoms with Crippen molar-refractivity contribution in [3.8, 4) is 0 Å². The third-order valence-electron chi connectivity index (χ3n) is 3.67. The van der Waals surface area contributed by atoms with Crippen LogP contribution in [0, 0.1) is 11.6 Å². The van der Waals surface area contributed by atoms with Gasteiger partial charge in [0.1, 0.15) is 22.2 Å². The molecule has 1 aliphatic rings. The molecular weight excluding hydrogens is 330 g/mol. The summed E-state index contributed by atoms with van der Waals surface area (Å²) in [5, 5.41) is 8.87. The molecule has 23 heavy (non-hydrogen) atoms. The molecule has 0 bridgehead atoms. The number of fused-ring (bicyclic) bond motifs is 1. The molecule has 0 radical (unpaired) electrons. The van der Waals surface area contributed by atoms with Crippen LogP contribution in [-0.2, 0) is 16.4 Å². The Bertz CT molecular complexity index is 892. The summed E-state index contributed by atoms with van der Waals surface area (Å²) < 4.78 is 53.6. The molecule has 2 aromatic rings. The summed E-state index contributed by atoms with van der Waals surface area (Å²) in [4.78, 5) is 12.9. The number of nitrogens with one attached hydrogen (secondary N) is 1. The lowest BCUT2D eigenvalue weighted by molar-refractivity contribution is 0.0691. The average molecular weight is 342 g/mol. The number of sulfonamides is 1. The van der Waals surface area contributed by atoms with E-state index in [2.05, 4.69) is 4.98 Å². The normalized spacial score (nSPS) is 14.6. The van der Waals surface area contributed by atoms with Crippen LogP contribution in [-0.4, -0.2) is 31.0 Å². The highest BCUT2D eigenvalue weighted by Gasteiger charge is 2.32. The van der Waals surface area contributed by atoms with Gasteiger partial charge < -0.3 is 10.1 Å². The number of benzene rings is 1. The summed E-state index contributed by atoms with van der Waals surface area (Å²) in [6.07, 6.45) is 1.73. The molecule has 1 aromatic carbocycles. The lowest BCUT2D eigenvalue weighted by atomic mass is 10.0. The zero-order valence-electron chi connectivity index (χ0n) is 11.7. The number of aromatic amines is 1. The highest BCUT2D eigenvalue weighted by molar-refractivity contribution is 7.92. The van der Waals surface area contributed by atoms with Crippen LogP contribution >= 0.6 is 0 Å². The Morgan fingerprint density at radius 1 is 1.26 bits per heavy atom. The second kappa shape index (κ2) is 5.34. The van der Waals surface area contributed by atoms with Crippen molar-refractivity contribution in [3.63, 3.8) is 0 Å². The number of aromatic carboxylic acids is 1. The molecule has 2 N–H and O–H groups in total. The minimum absolute atomic E-state index is 0.0492. The number of H-pyrrole nitrogens is 1. The molecule has 0 spiro atoms. The van der Waals surface area contributed by atoms with E-state index in [9.17, 15) is 22.0 Å². The Hall–Kier alpha value is -2.42. The van der Waals surface area contributed by atoms with E-state index in [4.69, 9.17) is 5.11 Å². The number of carboxylic acid groups (broad SMARTS) is 1. The summed E-state index contributed by atoms with van der Waals surface area (Å²) in [6, 6.07) is 2.66. The van der Waals surface area contributed by atoms with E-state index in [1.165, 1.54) is 0 Å². The highest BCUT2D eigenvalue weighted by atomic mass is 32.2. The van der Waals surface area contributed by atoms with Crippen LogP contribution in [0.3, 0.4) is 0 Å². The van der Waals surface area contributed by atoms with Crippen LogP contribution < -0.4 is 4.31 Å². The first-order valence-electron chi connectivity index (χ1n) is 6.73. The van der Waals surface area contributed by atoms with Gasteiger partial charge >= 0.3 is 5.97 Å². The van der Waals surface area contributed by atoms with Crippen molar-refractivity contribution in [1.82, 2.24) is 4.98 Å². The Kier molecular flexibility index (Phi) is 3.59. The van der Waals surface area contributed by atoms with Crippen molar-refractivity contribution in [2.75, 3.05) is 10.8 Å². The van der Waals surface area contributed by atoms with Gasteiger partial charge in [-0.25, -0.2) is 22.0 Å². The van der Waals surface area contributed by atoms with Gasteiger partial charge in [0.15, 0.2) is 0 Å². The van der Waals surface area contributed by atoms with Crippen molar-refractivity contribution >= 4 is 21.7 Å². The fourth-order valence-corrected chi connectivity index (χ4v) is 4.12. The summed E-state index contributed by atoms with van der Waals surface area (Å²) >= 11 is 0. The first kappa shape index (κ1) is 15.5. The van der Waals surface area contributed by atoms with Crippen LogP contribution in [0.15, 0.2) is 29.3 Å². The van der Waals surface area contributed by atoms with E-state index in [0.717, 1.165) is 22.6 Å². The molecular formula is C14H12F2N2O4S. The predicted molar refractivity (Wildman–Crippen MR) is 77.0 cm³/mol. The topological polar surface area (TPSA) is 90.5 Å². The Labute approximate surface area is 130 Å². The van der Waals surface area contributed by atoms with Crippen molar-refractivity contribution in [2.45, 2.75) is 17.7 Å². The van der Waals surface area contributed by atoms with Gasteiger partial charge in [0, 0.05) is 24.4 Å². The van der Waals surface area contributed by atoms with E-state index >= 15 is 0 Å². The second-order valence-electron chi connectivity index (χ2n) is 5.12. The van der Waals surface area contributed by atoms with E-state index < -0.39 is 27.6 Å². The smallest absolute Gasteiger partial charge is 0.352 e. The molecule has 9 heteroatoms. The molecule has 0 fully saturated rings. The molecule has 2 heterocycles. The summed E-state index contributed by atoms with van der Waals surface area (Å²) in [6.45, 7) is 0.0613. The maximum Gasteiger partial charge on any atom is 0.352 e. The first-order chi connectivity index (χ1) is 10.8. The standard InChI is InChI=1S/C14H12F2N2O4S/c15-8-4-11(16)10-2-1-3-18(13(10)5-8)23(21,22)9-6-12(14(19)20)17-7-9/h4-7,17H,1-3H2,(H,19,20). The number of hydrogen-bond donors (Lipinski definition) is 2. The number of rotatable bonds is 3. The number of halogens is 2. The SMILES string of the molecule is O=C(O)c1cc(S(=O)(=O)N2CCCc3c(F)cc(F)cc32)c[nH]1. The number of carboxylic acids is 1. The highest BCUT2D eigenvalue weighted by Crippen LogP contribution is 2.34. The maximum absolute atomic E-state index is 13.9. The van der Waals surface area contributed by atoms with Gasteiger partial charge in [-0.15, -0.1) is 0 Å². The minimum Gasteiger partial charge on any atom is -0.477 e. The van der Waals surface area contributed by atoms with E-state index in [0.29, 0.717) is 18.9 Å². The van der Waals surface area contributed by atoms with Crippen LogP contribution in [0.1, 0.15) is 22.5 Å². The Morgan fingerprint density at radius 2 is 2.00 bits per heavy atom. The van der Waals surface area contributed by atoms with Gasteiger partial charge in [0.25, 0.3) is 10.0 Å². The van der Waals surface area contributed by atoms with E-state index in [1.807, 2.05) is 0 Å². The van der Waals surface area contributed by atoms with Gasteiger partial charge in [0.05, 0.1) is 5.69 Å². The summed E-state index contributed by atoms with van der Waals surface area (Å²) in [7, 11) is -4.12. The molecule has 0 unspecified atom stereocenters. The Morgan fingerprint density at radius 3 is 2.65 bits per heavy atom. The van der Waals surface area contributed by atoms with Crippen molar-refractivity contribution in [3.05, 3.63) is 47.3 Å². The lowest BCUT2D eigenvalue weighted by Gasteiger charge is -2.30. The fraction of sp³-hybridized carbons (Fsp3) is 0.214. The van der Waals surface area contributed by atoms with Gasteiger partial charge in [-0.3, -0.25) is 4.31 Å². The minimum atomic E-state index is -4.12. The molecule has 0 atom stereocenters. The molecule has 122 valence electrons. The monoisotopic (exact) mass is 342 g/mol. The number of nitrogens with zero attached hydrogens (tertiary/aromatic N) is 1. The molecule has 1 aromatic heterocycles. The van der Waals surface area contributed by atoms with Gasteiger partial charge in [0.2, 0.25) is 0 Å². The first-order valence-corrected chi connectivity index (χ1v) is 8.17. The van der Waals surface area contributed by atoms with E-state index in [-0.39, 0.29) is 28.4 Å². The Balaban J connectivity index is 2.10. The van der Waals surface area contributed by atoms with E-state index in [1.54, 1.807) is 0 Å². The molecule has 6 nitrogen and oxygen atoms in total. The lowest BCUT2D eigenvalue weighted by Crippen LogP contribution is -2.35. The second-order valence-corrected chi connectivity index (χ2v) is 6.98. The van der Waals surface area contributed by atoms with Gasteiger partial charge in [-0.1, -0.05) is 0 Å². The van der Waals surface area contributed by atoms with Gasteiger partial charge in [-0.2, -0.15) is 0 Å². The van der Waals surface area contributed by atoms with Crippen LogP contribution in [0.25, 0.3) is 0 Å². The third-order valence-corrected chi connectivity index (χ3v) is 5.46. The number of aromatic nitrogens is 1. The van der Waals surface area contributed by atoms with Crippen LogP contribution in [0.2, 0.25) is 0 Å². The summed E-state index contributed by atoms with van der Waals surface area (Å²) in [5.41, 5.74) is -0.201. The number of carbonyl (C=O) groups is 1. The molecule has 3 rings (SSSR count). The van der Waals surface area contributed by atoms with Crippen LogP contribution in [0.4, 0.5) is 14.5 Å². The fourth-order valence-electron chi connectivity index (χ4n) is 2.60. The largest absolute Gasteiger partial charge is 0.477 e. The van der Waals surface area contributed by atoms with Crippen molar-refractivity contribution in [2.24, 2.45) is 0 Å². The third kappa shape index (κ3) is 2.56. The maximum atomic E-state index is 13.9. The predicted octanol–water partition coefficient (Wildman–Crippen LogP) is 2.13. The zero-order chi connectivity index (χ0) is 16.8. The average Bonchev–Trinajstić information content (AvgIpc) is 2.97. The molecule has 0 aliphatic carbocycles. The van der Waals surface area contributed by atoms with Crippen molar-refractivity contribution < 1.29 is 27.1 Å². The zero-order valence-corrected chi connectivity index (χ0v) is 12.5. The molecule has 0 saturated heterocycles.